The minimum Gasteiger partial charge on any atom is -0.396 e. The largest absolute Gasteiger partial charge is 0.396 e. The predicted molar refractivity (Wildman–Crippen MR) is 75.9 cm³/mol. The van der Waals surface area contributed by atoms with E-state index in [-0.39, 0.29) is 12.5 Å². The molecular weight excluding hydrogens is 240 g/mol. The van der Waals surface area contributed by atoms with Crippen molar-refractivity contribution in [2.24, 2.45) is 5.92 Å². The van der Waals surface area contributed by atoms with Crippen molar-refractivity contribution in [3.05, 3.63) is 24.0 Å². The van der Waals surface area contributed by atoms with Gasteiger partial charge in [-0.1, -0.05) is 6.92 Å². The van der Waals surface area contributed by atoms with Crippen molar-refractivity contribution in [1.82, 2.24) is 20.1 Å². The quantitative estimate of drug-likeness (QED) is 0.832. The van der Waals surface area contributed by atoms with E-state index in [1.165, 1.54) is 0 Å². The molecule has 0 aliphatic heterocycles. The van der Waals surface area contributed by atoms with E-state index < -0.39 is 0 Å². The zero-order valence-electron chi connectivity index (χ0n) is 11.8. The summed E-state index contributed by atoms with van der Waals surface area (Å²) < 4.78 is 1.93. The van der Waals surface area contributed by atoms with Crippen LogP contribution >= 0.6 is 0 Å². The van der Waals surface area contributed by atoms with Crippen LogP contribution in [0, 0.1) is 5.92 Å². The van der Waals surface area contributed by atoms with Gasteiger partial charge in [-0.25, -0.2) is 9.67 Å². The van der Waals surface area contributed by atoms with Gasteiger partial charge in [0.15, 0.2) is 5.65 Å². The van der Waals surface area contributed by atoms with Gasteiger partial charge in [-0.05, 0) is 31.4 Å². The normalized spacial score (nSPS) is 13.3. The third-order valence-electron chi connectivity index (χ3n) is 3.11. The first-order valence-corrected chi connectivity index (χ1v) is 6.75. The van der Waals surface area contributed by atoms with E-state index in [0.29, 0.717) is 6.04 Å². The van der Waals surface area contributed by atoms with Crippen LogP contribution in [0.25, 0.3) is 11.0 Å². The van der Waals surface area contributed by atoms with Crippen molar-refractivity contribution in [3.8, 4) is 0 Å². The lowest BCUT2D eigenvalue weighted by molar-refractivity contribution is 0.233. The lowest BCUT2D eigenvalue weighted by Crippen LogP contribution is -2.22. The van der Waals surface area contributed by atoms with E-state index in [2.05, 4.69) is 35.3 Å². The van der Waals surface area contributed by atoms with Gasteiger partial charge >= 0.3 is 0 Å². The molecule has 5 heteroatoms. The van der Waals surface area contributed by atoms with E-state index >= 15 is 0 Å². The van der Waals surface area contributed by atoms with Crippen molar-refractivity contribution < 1.29 is 5.11 Å². The number of fused-ring (bicyclic) bond motifs is 1. The highest BCUT2D eigenvalue weighted by atomic mass is 16.3. The molecule has 19 heavy (non-hydrogen) atoms. The molecule has 2 aromatic heterocycles. The molecule has 0 spiro atoms. The molecule has 0 bridgehead atoms. The Hall–Kier alpha value is -1.46. The van der Waals surface area contributed by atoms with Crippen LogP contribution in [0.4, 0.5) is 0 Å². The number of nitrogens with zero attached hydrogens (tertiary/aromatic N) is 3. The molecule has 0 aliphatic rings. The zero-order valence-corrected chi connectivity index (χ0v) is 11.8. The molecule has 0 amide bonds. The molecule has 5 nitrogen and oxygen atoms in total. The monoisotopic (exact) mass is 262 g/mol. The molecule has 1 unspecified atom stereocenters. The van der Waals surface area contributed by atoms with Crippen LogP contribution in [0.1, 0.15) is 32.4 Å². The Kier molecular flexibility index (Phi) is 4.50. The second-order valence-corrected chi connectivity index (χ2v) is 5.36. The van der Waals surface area contributed by atoms with E-state index in [1.807, 2.05) is 24.0 Å². The molecule has 0 fully saturated rings. The van der Waals surface area contributed by atoms with Crippen molar-refractivity contribution in [2.75, 3.05) is 13.2 Å². The molecule has 104 valence electrons. The smallest absolute Gasteiger partial charge is 0.157 e. The van der Waals surface area contributed by atoms with Gasteiger partial charge in [-0.15, -0.1) is 0 Å². The highest BCUT2D eigenvalue weighted by Gasteiger charge is 2.07. The number of aliphatic hydroxyl groups is 1. The maximum Gasteiger partial charge on any atom is 0.157 e. The van der Waals surface area contributed by atoms with Crippen molar-refractivity contribution in [2.45, 2.75) is 33.4 Å². The number of nitrogens with one attached hydrogen (secondary N) is 1. The van der Waals surface area contributed by atoms with Crippen molar-refractivity contribution >= 4 is 11.0 Å². The number of rotatable bonds is 6. The molecule has 0 saturated heterocycles. The van der Waals surface area contributed by atoms with Crippen LogP contribution in [0.3, 0.4) is 0 Å². The van der Waals surface area contributed by atoms with Crippen LogP contribution in [0.15, 0.2) is 18.5 Å². The predicted octanol–water partition coefficient (Wildman–Crippen LogP) is 1.73. The lowest BCUT2D eigenvalue weighted by atomic mass is 10.2. The molecule has 2 rings (SSSR count). The average molecular weight is 262 g/mol. The van der Waals surface area contributed by atoms with Crippen molar-refractivity contribution in [3.63, 3.8) is 0 Å². The first kappa shape index (κ1) is 14.0. The molecular formula is C14H22N4O. The number of aromatic nitrogens is 3. The summed E-state index contributed by atoms with van der Waals surface area (Å²) in [6, 6.07) is 2.43. The van der Waals surface area contributed by atoms with Gasteiger partial charge in [-0.2, -0.15) is 5.10 Å². The van der Waals surface area contributed by atoms with E-state index in [4.69, 9.17) is 5.11 Å². The Bertz CT molecular complexity index is 535. The standard InChI is InChI=1S/C14H22N4O/c1-10(2)18-14-13(8-17-18)4-12(7-16-14)6-15-5-11(3)9-19/h4,7-8,10-11,15,19H,5-6,9H2,1-3H3. The Balaban J connectivity index is 2.06. The van der Waals surface area contributed by atoms with Gasteiger partial charge in [0.2, 0.25) is 0 Å². The fraction of sp³-hybridized carbons (Fsp3) is 0.571. The Morgan fingerprint density at radius 3 is 2.79 bits per heavy atom. The average Bonchev–Trinajstić information content (AvgIpc) is 2.81. The zero-order chi connectivity index (χ0) is 13.8. The molecule has 0 saturated carbocycles. The van der Waals surface area contributed by atoms with Gasteiger partial charge < -0.3 is 10.4 Å². The van der Waals surface area contributed by atoms with Crippen LogP contribution in [0.5, 0.6) is 0 Å². The van der Waals surface area contributed by atoms with Crippen LogP contribution in [0.2, 0.25) is 0 Å². The van der Waals surface area contributed by atoms with Gasteiger partial charge in [0.25, 0.3) is 0 Å². The molecule has 0 aromatic carbocycles. The molecule has 2 N–H and O–H groups in total. The highest BCUT2D eigenvalue weighted by molar-refractivity contribution is 5.75. The van der Waals surface area contributed by atoms with Crippen LogP contribution < -0.4 is 5.32 Å². The van der Waals surface area contributed by atoms with Crippen molar-refractivity contribution in [1.29, 1.82) is 0 Å². The summed E-state index contributed by atoms with van der Waals surface area (Å²) in [4.78, 5) is 4.49. The summed E-state index contributed by atoms with van der Waals surface area (Å²) >= 11 is 0. The second-order valence-electron chi connectivity index (χ2n) is 5.36. The molecule has 0 radical (unpaired) electrons. The fourth-order valence-electron chi connectivity index (χ4n) is 1.99. The topological polar surface area (TPSA) is 63.0 Å². The SMILES string of the molecule is CC(CO)CNCc1cnc2c(cnn2C(C)C)c1. The fourth-order valence-corrected chi connectivity index (χ4v) is 1.99. The maximum absolute atomic E-state index is 8.96. The number of hydrogen-bond donors (Lipinski definition) is 2. The van der Waals surface area contributed by atoms with Crippen LogP contribution in [-0.4, -0.2) is 33.0 Å². The second kappa shape index (κ2) is 6.12. The molecule has 0 aliphatic carbocycles. The van der Waals surface area contributed by atoms with Crippen LogP contribution in [-0.2, 0) is 6.54 Å². The number of pyridine rings is 1. The summed E-state index contributed by atoms with van der Waals surface area (Å²) in [6.45, 7) is 7.99. The third-order valence-corrected chi connectivity index (χ3v) is 3.11. The molecule has 2 heterocycles. The Labute approximate surface area is 113 Å². The van der Waals surface area contributed by atoms with Gasteiger partial charge in [0.1, 0.15) is 0 Å². The first-order valence-electron chi connectivity index (χ1n) is 6.75. The van der Waals surface area contributed by atoms with Gasteiger partial charge in [0, 0.05) is 37.3 Å². The van der Waals surface area contributed by atoms with E-state index in [0.717, 1.165) is 29.7 Å². The Morgan fingerprint density at radius 2 is 2.11 bits per heavy atom. The summed E-state index contributed by atoms with van der Waals surface area (Å²) in [5, 5.41) is 17.7. The summed E-state index contributed by atoms with van der Waals surface area (Å²) in [7, 11) is 0. The molecule has 1 atom stereocenters. The maximum atomic E-state index is 8.96. The summed E-state index contributed by atoms with van der Waals surface area (Å²) in [6.07, 6.45) is 3.75. The first-order chi connectivity index (χ1) is 9.11. The Morgan fingerprint density at radius 1 is 1.32 bits per heavy atom. The highest BCUT2D eigenvalue weighted by Crippen LogP contribution is 2.16. The van der Waals surface area contributed by atoms with Gasteiger partial charge in [0.05, 0.1) is 6.20 Å². The minimum absolute atomic E-state index is 0.214. The third kappa shape index (κ3) is 3.30. The molecule has 2 aromatic rings. The summed E-state index contributed by atoms with van der Waals surface area (Å²) in [5.41, 5.74) is 2.07. The lowest BCUT2D eigenvalue weighted by Gasteiger charge is -2.10. The number of aliphatic hydroxyl groups excluding tert-OH is 1. The summed E-state index contributed by atoms with van der Waals surface area (Å²) in [5.74, 6) is 0.278. The minimum atomic E-state index is 0.214. The van der Waals surface area contributed by atoms with E-state index in [9.17, 15) is 0 Å². The van der Waals surface area contributed by atoms with Gasteiger partial charge in [-0.3, -0.25) is 0 Å². The number of hydrogen-bond acceptors (Lipinski definition) is 4. The van der Waals surface area contributed by atoms with E-state index in [1.54, 1.807) is 0 Å².